The number of nitrogens with one attached hydrogen (secondary N) is 1. The van der Waals surface area contributed by atoms with Crippen LogP contribution in [0.1, 0.15) is 46.5 Å². The van der Waals surface area contributed by atoms with E-state index in [0.29, 0.717) is 11.6 Å². The number of halogens is 1. The molecule has 2 rings (SSSR count). The van der Waals surface area contributed by atoms with Gasteiger partial charge in [0.25, 0.3) is 5.91 Å². The Morgan fingerprint density at radius 1 is 1.39 bits per heavy atom. The number of carbonyl (C=O) groups is 1. The number of aliphatic imine (C=N–C) groups is 1. The lowest BCUT2D eigenvalue weighted by Gasteiger charge is -2.33. The number of nitrogens with two attached hydrogens (primary N) is 1. The monoisotopic (exact) mass is 336 g/mol. The first-order chi connectivity index (χ1) is 11.0. The van der Waals surface area contributed by atoms with E-state index in [1.54, 1.807) is 5.01 Å². The van der Waals surface area contributed by atoms with E-state index in [2.05, 4.69) is 12.3 Å². The van der Waals surface area contributed by atoms with E-state index in [1.807, 2.05) is 32.2 Å². The lowest BCUT2D eigenvalue weighted by molar-refractivity contribution is -0.114. The Kier molecular flexibility index (Phi) is 5.88. The largest absolute Gasteiger partial charge is 0.365 e. The van der Waals surface area contributed by atoms with Crippen LogP contribution in [0.4, 0.5) is 0 Å². The number of amides is 1. The number of carbonyl (C=O) groups excluding carboxylic acids is 1. The molecule has 3 N–H and O–H groups in total. The van der Waals surface area contributed by atoms with E-state index in [9.17, 15) is 4.79 Å². The summed E-state index contributed by atoms with van der Waals surface area (Å²) < 4.78 is 0. The fraction of sp³-hybridized carbons (Fsp3) is 0.529. The van der Waals surface area contributed by atoms with Gasteiger partial charge in [-0.3, -0.25) is 20.2 Å². The number of nitrogens with zero attached hydrogens (tertiary/aromatic N) is 2. The maximum absolute atomic E-state index is 11.9. The van der Waals surface area contributed by atoms with Crippen molar-refractivity contribution < 1.29 is 4.79 Å². The summed E-state index contributed by atoms with van der Waals surface area (Å²) in [6.45, 7) is 6.03. The van der Waals surface area contributed by atoms with Gasteiger partial charge in [0, 0.05) is 6.20 Å². The van der Waals surface area contributed by atoms with Crippen molar-refractivity contribution in [3.05, 3.63) is 34.8 Å². The second kappa shape index (κ2) is 7.68. The molecule has 0 radical (unpaired) electrons. The van der Waals surface area contributed by atoms with Crippen LogP contribution in [0.2, 0.25) is 0 Å². The molecule has 1 amide bonds. The smallest absolute Gasteiger partial charge is 0.254 e. The molecule has 23 heavy (non-hydrogen) atoms. The molecule has 1 aliphatic heterocycles. The highest BCUT2D eigenvalue weighted by molar-refractivity contribution is 6.39. The summed E-state index contributed by atoms with van der Waals surface area (Å²) in [6.07, 6.45) is 10.2. The molecule has 1 saturated carbocycles. The van der Waals surface area contributed by atoms with E-state index in [-0.39, 0.29) is 16.8 Å². The minimum Gasteiger partial charge on any atom is -0.365 e. The van der Waals surface area contributed by atoms with Crippen molar-refractivity contribution in [1.82, 2.24) is 10.4 Å². The van der Waals surface area contributed by atoms with Gasteiger partial charge in [-0.25, -0.2) is 0 Å². The molecule has 0 aromatic heterocycles. The lowest BCUT2D eigenvalue weighted by Crippen LogP contribution is -2.43. The Morgan fingerprint density at radius 2 is 2.09 bits per heavy atom. The van der Waals surface area contributed by atoms with Gasteiger partial charge >= 0.3 is 0 Å². The van der Waals surface area contributed by atoms with Gasteiger partial charge in [0.05, 0.1) is 17.5 Å². The van der Waals surface area contributed by atoms with Gasteiger partial charge in [-0.05, 0) is 32.6 Å². The summed E-state index contributed by atoms with van der Waals surface area (Å²) in [5.41, 5.74) is 10.2. The summed E-state index contributed by atoms with van der Waals surface area (Å²) in [7, 11) is 0. The summed E-state index contributed by atoms with van der Waals surface area (Å²) in [6, 6.07) is 0.193. The van der Waals surface area contributed by atoms with Crippen molar-refractivity contribution >= 4 is 23.2 Å². The second-order valence-electron chi connectivity index (χ2n) is 6.00. The van der Waals surface area contributed by atoms with Crippen molar-refractivity contribution in [3.63, 3.8) is 0 Å². The zero-order valence-electron chi connectivity index (χ0n) is 14.0. The quantitative estimate of drug-likeness (QED) is 0.777. The molecule has 1 fully saturated rings. The third-order valence-electron chi connectivity index (χ3n) is 4.36. The number of rotatable bonds is 3. The molecule has 0 aromatic carbocycles. The molecular formula is C17H25ClN4O. The maximum Gasteiger partial charge on any atom is 0.254 e. The zero-order chi connectivity index (χ0) is 17.0. The van der Waals surface area contributed by atoms with Crippen LogP contribution in [0.3, 0.4) is 0 Å². The highest BCUT2D eigenvalue weighted by Gasteiger charge is 2.31. The molecule has 0 aromatic rings. The molecule has 6 heteroatoms. The Labute approximate surface area is 142 Å². The van der Waals surface area contributed by atoms with Crippen molar-refractivity contribution in [1.29, 1.82) is 0 Å². The first-order valence-electron chi connectivity index (χ1n) is 8.12. The van der Waals surface area contributed by atoms with Gasteiger partial charge in [0.2, 0.25) is 0 Å². The van der Waals surface area contributed by atoms with Crippen molar-refractivity contribution in [2.24, 2.45) is 16.6 Å². The summed E-state index contributed by atoms with van der Waals surface area (Å²) >= 11 is 6.26. The molecular weight excluding hydrogens is 312 g/mol. The topological polar surface area (TPSA) is 70.7 Å². The van der Waals surface area contributed by atoms with E-state index in [1.165, 1.54) is 6.42 Å². The molecule has 5 nitrogen and oxygen atoms in total. The van der Waals surface area contributed by atoms with Gasteiger partial charge in [-0.2, -0.15) is 0 Å². The minimum absolute atomic E-state index is 0.193. The van der Waals surface area contributed by atoms with E-state index in [4.69, 9.17) is 22.3 Å². The standard InChI is InChI=1S/C17H25ClN4O/c1-4-10-22-13(5-2)15(14(17(19)23)16(18)21-22)20-12-9-7-6-8-11(12)3/h4-5,10-12,21H,6-9H2,1-3H3,(H2,19,23)/b10-4-,13-5?,20-15?. The highest BCUT2D eigenvalue weighted by Crippen LogP contribution is 2.30. The molecule has 2 aliphatic rings. The van der Waals surface area contributed by atoms with Crippen molar-refractivity contribution in [3.8, 4) is 0 Å². The van der Waals surface area contributed by atoms with Crippen LogP contribution in [0, 0.1) is 5.92 Å². The molecule has 0 bridgehead atoms. The maximum atomic E-state index is 11.9. The molecule has 0 saturated heterocycles. The predicted molar refractivity (Wildman–Crippen MR) is 94.5 cm³/mol. The van der Waals surface area contributed by atoms with Gasteiger partial charge in [-0.15, -0.1) is 0 Å². The zero-order valence-corrected chi connectivity index (χ0v) is 14.7. The molecule has 1 heterocycles. The van der Waals surface area contributed by atoms with E-state index < -0.39 is 5.91 Å². The minimum atomic E-state index is -0.566. The van der Waals surface area contributed by atoms with E-state index in [0.717, 1.165) is 25.0 Å². The first kappa shape index (κ1) is 17.6. The average Bonchev–Trinajstić information content (AvgIpc) is 2.49. The van der Waals surface area contributed by atoms with Gasteiger partial charge in [0.15, 0.2) is 0 Å². The second-order valence-corrected chi connectivity index (χ2v) is 6.38. The molecule has 0 spiro atoms. The number of primary amides is 1. The fourth-order valence-electron chi connectivity index (χ4n) is 3.12. The van der Waals surface area contributed by atoms with Crippen molar-refractivity contribution in [2.75, 3.05) is 0 Å². The van der Waals surface area contributed by atoms with Crippen LogP contribution < -0.4 is 11.2 Å². The van der Waals surface area contributed by atoms with Crippen LogP contribution in [-0.4, -0.2) is 22.7 Å². The number of hydrogen-bond donors (Lipinski definition) is 2. The SMILES string of the molecule is CC=C1C(=NC2CCCCC2C)C(C(N)=O)=C(Cl)NN1/C=C\C. The van der Waals surface area contributed by atoms with Gasteiger partial charge < -0.3 is 5.73 Å². The highest BCUT2D eigenvalue weighted by atomic mass is 35.5. The molecule has 2 unspecified atom stereocenters. The van der Waals surface area contributed by atoms with Crippen molar-refractivity contribution in [2.45, 2.75) is 52.5 Å². The Balaban J connectivity index is 2.52. The van der Waals surface area contributed by atoms with Crippen LogP contribution in [0.25, 0.3) is 0 Å². The molecule has 126 valence electrons. The molecule has 2 atom stereocenters. The fourth-order valence-corrected chi connectivity index (χ4v) is 3.39. The Morgan fingerprint density at radius 3 is 2.65 bits per heavy atom. The van der Waals surface area contributed by atoms with E-state index >= 15 is 0 Å². The third-order valence-corrected chi connectivity index (χ3v) is 4.63. The number of hydrazine groups is 1. The van der Waals surface area contributed by atoms with Crippen LogP contribution in [0.15, 0.2) is 39.8 Å². The van der Waals surface area contributed by atoms with Crippen LogP contribution in [0.5, 0.6) is 0 Å². The first-order valence-corrected chi connectivity index (χ1v) is 8.50. The predicted octanol–water partition coefficient (Wildman–Crippen LogP) is 3.20. The normalized spacial score (nSPS) is 29.5. The number of hydrogen-bond acceptors (Lipinski definition) is 4. The molecule has 1 aliphatic carbocycles. The van der Waals surface area contributed by atoms with Gasteiger partial charge in [0.1, 0.15) is 10.7 Å². The van der Waals surface area contributed by atoms with Gasteiger partial charge in [-0.1, -0.05) is 43.5 Å². The third kappa shape index (κ3) is 3.78. The lowest BCUT2D eigenvalue weighted by atomic mass is 9.86. The number of allylic oxidation sites excluding steroid dienone is 3. The Hall–Kier alpha value is -1.75. The summed E-state index contributed by atoms with van der Waals surface area (Å²) in [5, 5.41) is 1.98. The Bertz CT molecular complexity index is 591. The summed E-state index contributed by atoms with van der Waals surface area (Å²) in [4.78, 5) is 16.8. The average molecular weight is 337 g/mol. The van der Waals surface area contributed by atoms with Crippen LogP contribution in [-0.2, 0) is 4.79 Å². The summed E-state index contributed by atoms with van der Waals surface area (Å²) in [5.74, 6) is -0.0727. The van der Waals surface area contributed by atoms with Crippen LogP contribution >= 0.6 is 11.6 Å².